The monoisotopic (exact) mass is 291 g/mol. The minimum absolute atomic E-state index is 0.948. The number of unbranched alkanes of at least 4 members (excludes halogenated alkanes) is 1. The van der Waals surface area contributed by atoms with Crippen LogP contribution in [0.5, 0.6) is 0 Å². The van der Waals surface area contributed by atoms with Gasteiger partial charge in [0, 0.05) is 31.0 Å². The van der Waals surface area contributed by atoms with Crippen molar-refractivity contribution in [2.75, 3.05) is 13.1 Å². The number of aromatic nitrogens is 2. The van der Waals surface area contributed by atoms with Crippen LogP contribution in [0.4, 0.5) is 0 Å². The zero-order valence-corrected chi connectivity index (χ0v) is 12.9. The maximum absolute atomic E-state index is 4.65. The van der Waals surface area contributed by atoms with E-state index in [1.807, 2.05) is 36.7 Å². The summed E-state index contributed by atoms with van der Waals surface area (Å²) in [5, 5.41) is 0. The van der Waals surface area contributed by atoms with Crippen LogP contribution in [0.2, 0.25) is 0 Å². The van der Waals surface area contributed by atoms with E-state index in [1.54, 1.807) is 0 Å². The first-order valence-electron chi connectivity index (χ1n) is 7.88. The molecule has 3 heteroatoms. The summed E-state index contributed by atoms with van der Waals surface area (Å²) in [6.07, 6.45) is 12.6. The summed E-state index contributed by atoms with van der Waals surface area (Å²) < 4.78 is 0. The van der Waals surface area contributed by atoms with E-state index in [-0.39, 0.29) is 0 Å². The van der Waals surface area contributed by atoms with Crippen molar-refractivity contribution in [3.63, 3.8) is 0 Å². The Bertz CT molecular complexity index is 674. The molecule has 1 aliphatic heterocycles. The van der Waals surface area contributed by atoms with E-state index in [0.29, 0.717) is 0 Å². The molecule has 0 N–H and O–H groups in total. The summed E-state index contributed by atoms with van der Waals surface area (Å²) in [6.45, 7) is 4.23. The van der Waals surface area contributed by atoms with E-state index in [0.717, 1.165) is 30.0 Å². The fraction of sp³-hybridized carbons (Fsp3) is 0.263. The molecule has 3 rings (SSSR count). The topological polar surface area (TPSA) is 29.0 Å². The number of allylic oxidation sites excluding steroid dienone is 2. The Kier molecular flexibility index (Phi) is 4.64. The second-order valence-corrected chi connectivity index (χ2v) is 5.39. The van der Waals surface area contributed by atoms with Crippen molar-refractivity contribution in [2.45, 2.75) is 19.8 Å². The van der Waals surface area contributed by atoms with Gasteiger partial charge in [-0.2, -0.15) is 0 Å². The lowest BCUT2D eigenvalue weighted by Crippen LogP contribution is -2.26. The van der Waals surface area contributed by atoms with Crippen molar-refractivity contribution < 1.29 is 0 Å². The molecule has 0 unspecified atom stereocenters. The number of rotatable bonds is 5. The Morgan fingerprint density at radius 1 is 1.09 bits per heavy atom. The normalized spacial score (nSPS) is 14.0. The van der Waals surface area contributed by atoms with Gasteiger partial charge in [0.25, 0.3) is 0 Å². The van der Waals surface area contributed by atoms with Crippen molar-refractivity contribution in [1.82, 2.24) is 14.9 Å². The molecule has 0 atom stereocenters. The van der Waals surface area contributed by atoms with Crippen LogP contribution in [-0.4, -0.2) is 28.0 Å². The van der Waals surface area contributed by atoms with Gasteiger partial charge in [0.15, 0.2) is 0 Å². The average Bonchev–Trinajstić information content (AvgIpc) is 2.61. The molecule has 0 aromatic carbocycles. The lowest BCUT2D eigenvalue weighted by Gasteiger charge is -2.28. The van der Waals surface area contributed by atoms with Crippen LogP contribution in [0.25, 0.3) is 17.0 Å². The van der Waals surface area contributed by atoms with Crippen LogP contribution in [0.15, 0.2) is 61.0 Å². The first-order valence-corrected chi connectivity index (χ1v) is 7.88. The maximum atomic E-state index is 4.65. The van der Waals surface area contributed by atoms with Gasteiger partial charge in [0.05, 0.1) is 17.1 Å². The van der Waals surface area contributed by atoms with E-state index in [4.69, 9.17) is 0 Å². The summed E-state index contributed by atoms with van der Waals surface area (Å²) in [5.74, 6) is 0. The van der Waals surface area contributed by atoms with Crippen molar-refractivity contribution in [3.8, 4) is 11.3 Å². The van der Waals surface area contributed by atoms with Crippen molar-refractivity contribution in [1.29, 1.82) is 0 Å². The predicted molar refractivity (Wildman–Crippen MR) is 91.1 cm³/mol. The standard InChI is InChI=1S/C19H21N3/c1-2-3-14-22-15-7-5-11-18(22)19-16(9-8-13-21-19)17-10-4-6-12-20-17/h4-13H,2-3,14-15H2,1H3. The van der Waals surface area contributed by atoms with Crippen LogP contribution in [-0.2, 0) is 0 Å². The second kappa shape index (κ2) is 7.03. The molecular weight excluding hydrogens is 270 g/mol. The molecule has 3 nitrogen and oxygen atoms in total. The lowest BCUT2D eigenvalue weighted by molar-refractivity contribution is 0.421. The molecule has 0 fully saturated rings. The first-order chi connectivity index (χ1) is 10.9. The van der Waals surface area contributed by atoms with Crippen molar-refractivity contribution in [2.24, 2.45) is 0 Å². The molecule has 0 aliphatic carbocycles. The van der Waals surface area contributed by atoms with Gasteiger partial charge in [-0.15, -0.1) is 0 Å². The van der Waals surface area contributed by atoms with E-state index in [2.05, 4.69) is 46.1 Å². The van der Waals surface area contributed by atoms with E-state index < -0.39 is 0 Å². The lowest BCUT2D eigenvalue weighted by atomic mass is 10.0. The molecule has 0 spiro atoms. The maximum Gasteiger partial charge on any atom is 0.0957 e. The molecule has 1 aliphatic rings. The molecule has 22 heavy (non-hydrogen) atoms. The summed E-state index contributed by atoms with van der Waals surface area (Å²) >= 11 is 0. The van der Waals surface area contributed by atoms with Gasteiger partial charge in [-0.1, -0.05) is 31.6 Å². The summed E-state index contributed by atoms with van der Waals surface area (Å²) in [5.41, 5.74) is 4.27. The van der Waals surface area contributed by atoms with E-state index in [9.17, 15) is 0 Å². The highest BCUT2D eigenvalue weighted by molar-refractivity contribution is 5.77. The van der Waals surface area contributed by atoms with Gasteiger partial charge in [-0.3, -0.25) is 9.97 Å². The Balaban J connectivity index is 2.00. The average molecular weight is 291 g/mol. The van der Waals surface area contributed by atoms with Gasteiger partial charge >= 0.3 is 0 Å². The highest BCUT2D eigenvalue weighted by Crippen LogP contribution is 2.29. The zero-order chi connectivity index (χ0) is 15.2. The Morgan fingerprint density at radius 3 is 2.82 bits per heavy atom. The Morgan fingerprint density at radius 2 is 2.00 bits per heavy atom. The molecule has 2 aromatic heterocycles. The zero-order valence-electron chi connectivity index (χ0n) is 12.9. The van der Waals surface area contributed by atoms with Crippen LogP contribution in [0.1, 0.15) is 25.5 Å². The first kappa shape index (κ1) is 14.5. The predicted octanol–water partition coefficient (Wildman–Crippen LogP) is 4.16. The van der Waals surface area contributed by atoms with Gasteiger partial charge < -0.3 is 4.90 Å². The Labute approximate surface area is 132 Å². The molecular formula is C19H21N3. The van der Waals surface area contributed by atoms with Gasteiger partial charge in [0.2, 0.25) is 0 Å². The Hall–Kier alpha value is -2.42. The third kappa shape index (κ3) is 3.08. The van der Waals surface area contributed by atoms with E-state index >= 15 is 0 Å². The second-order valence-electron chi connectivity index (χ2n) is 5.39. The highest BCUT2D eigenvalue weighted by atomic mass is 15.1. The molecule has 0 amide bonds. The summed E-state index contributed by atoms with van der Waals surface area (Å²) in [6, 6.07) is 10.1. The van der Waals surface area contributed by atoms with Crippen LogP contribution < -0.4 is 0 Å². The molecule has 0 radical (unpaired) electrons. The molecule has 0 bridgehead atoms. The minimum Gasteiger partial charge on any atom is -0.366 e. The molecule has 0 saturated heterocycles. The fourth-order valence-corrected chi connectivity index (χ4v) is 2.68. The third-order valence-corrected chi connectivity index (χ3v) is 3.83. The van der Waals surface area contributed by atoms with Gasteiger partial charge in [-0.05, 0) is 36.8 Å². The van der Waals surface area contributed by atoms with Crippen LogP contribution >= 0.6 is 0 Å². The number of hydrogen-bond donors (Lipinski definition) is 0. The summed E-state index contributed by atoms with van der Waals surface area (Å²) in [4.78, 5) is 11.5. The third-order valence-electron chi connectivity index (χ3n) is 3.83. The quantitative estimate of drug-likeness (QED) is 0.828. The van der Waals surface area contributed by atoms with Gasteiger partial charge in [0.1, 0.15) is 0 Å². The van der Waals surface area contributed by atoms with Crippen molar-refractivity contribution >= 4 is 5.70 Å². The molecule has 3 heterocycles. The van der Waals surface area contributed by atoms with E-state index in [1.165, 1.54) is 18.5 Å². The largest absolute Gasteiger partial charge is 0.366 e. The van der Waals surface area contributed by atoms with Crippen molar-refractivity contribution in [3.05, 3.63) is 66.6 Å². The highest BCUT2D eigenvalue weighted by Gasteiger charge is 2.17. The fourth-order valence-electron chi connectivity index (χ4n) is 2.68. The van der Waals surface area contributed by atoms with Crippen LogP contribution in [0, 0.1) is 0 Å². The smallest absolute Gasteiger partial charge is 0.0957 e. The minimum atomic E-state index is 0.948. The number of pyridine rings is 2. The molecule has 0 saturated carbocycles. The molecule has 2 aromatic rings. The SMILES string of the molecule is CCCCN1CC=CC=C1c1ncccc1-c1ccccn1. The van der Waals surface area contributed by atoms with Gasteiger partial charge in [-0.25, -0.2) is 0 Å². The number of hydrogen-bond acceptors (Lipinski definition) is 3. The summed E-state index contributed by atoms with van der Waals surface area (Å²) in [7, 11) is 0. The molecule has 112 valence electrons. The number of nitrogens with zero attached hydrogens (tertiary/aromatic N) is 3. The van der Waals surface area contributed by atoms with Crippen LogP contribution in [0.3, 0.4) is 0 Å².